The van der Waals surface area contributed by atoms with Crippen LogP contribution in [0.4, 0.5) is 35.0 Å². The molecule has 4 aromatic rings. The third-order valence-electron chi connectivity index (χ3n) is 6.85. The van der Waals surface area contributed by atoms with Crippen LogP contribution in [0.3, 0.4) is 0 Å². The Labute approximate surface area is 256 Å². The molecule has 8 nitrogen and oxygen atoms in total. The molecule has 12 heteroatoms. The minimum atomic E-state index is -4.79. The van der Waals surface area contributed by atoms with E-state index in [4.69, 9.17) is 26.1 Å². The summed E-state index contributed by atoms with van der Waals surface area (Å²) in [7, 11) is 3.19. The van der Waals surface area contributed by atoms with Gasteiger partial charge in [-0.1, -0.05) is 29.8 Å². The van der Waals surface area contributed by atoms with Crippen LogP contribution in [0.2, 0.25) is 5.02 Å². The van der Waals surface area contributed by atoms with Gasteiger partial charge in [-0.3, -0.25) is 4.99 Å². The summed E-state index contributed by atoms with van der Waals surface area (Å²) < 4.78 is 52.1. The van der Waals surface area contributed by atoms with Gasteiger partial charge in [-0.2, -0.15) is 0 Å². The standard InChI is InChI=1S/C32H28ClF3N4O4/c1-42-28-16-26-20(18-37-30(27(26)17-29(28)43-2)38-24-5-3-4-21(33)15-24)14-19-6-8-22(9-7-19)39-31(41)40-23-10-12-25(13-11-23)44-32(34,35)36/h3-13,15-17,20H,14,18H2,1-2H3,(H,37,38)(H2,39,40,41). The quantitative estimate of drug-likeness (QED) is 0.184. The lowest BCUT2D eigenvalue weighted by atomic mass is 9.86. The highest BCUT2D eigenvalue weighted by atomic mass is 35.5. The number of amidine groups is 1. The molecule has 0 saturated carbocycles. The first-order chi connectivity index (χ1) is 21.1. The zero-order valence-corrected chi connectivity index (χ0v) is 24.4. The van der Waals surface area contributed by atoms with Crippen LogP contribution in [0.1, 0.15) is 22.6 Å². The van der Waals surface area contributed by atoms with Crippen LogP contribution >= 0.6 is 11.6 Å². The van der Waals surface area contributed by atoms with Crippen molar-refractivity contribution in [1.82, 2.24) is 0 Å². The fourth-order valence-corrected chi connectivity index (χ4v) is 5.04. The Morgan fingerprint density at radius 1 is 0.886 bits per heavy atom. The summed E-state index contributed by atoms with van der Waals surface area (Å²) in [6.45, 7) is 0.528. The third kappa shape index (κ3) is 7.73. The van der Waals surface area contributed by atoms with E-state index in [1.54, 1.807) is 32.4 Å². The number of fused-ring (bicyclic) bond motifs is 1. The largest absolute Gasteiger partial charge is 0.573 e. The van der Waals surface area contributed by atoms with Crippen molar-refractivity contribution in [3.05, 3.63) is 107 Å². The molecule has 0 aromatic heterocycles. The maximum atomic E-state index is 12.4. The fraction of sp³-hybridized carbons (Fsp3) is 0.188. The molecule has 0 fully saturated rings. The van der Waals surface area contributed by atoms with Gasteiger partial charge >= 0.3 is 12.4 Å². The number of anilines is 3. The van der Waals surface area contributed by atoms with Crippen molar-refractivity contribution in [2.75, 3.05) is 36.7 Å². The lowest BCUT2D eigenvalue weighted by Gasteiger charge is -2.27. The van der Waals surface area contributed by atoms with Gasteiger partial charge in [0.15, 0.2) is 11.5 Å². The minimum Gasteiger partial charge on any atom is -0.493 e. The van der Waals surface area contributed by atoms with Gasteiger partial charge in [-0.05, 0) is 84.3 Å². The number of aliphatic imine (C=N–C) groups is 1. The van der Waals surface area contributed by atoms with Crippen LogP contribution in [-0.4, -0.2) is 39.0 Å². The second kappa shape index (κ2) is 13.2. The average Bonchev–Trinajstić information content (AvgIpc) is 2.99. The zero-order chi connectivity index (χ0) is 31.3. The Kier molecular flexibility index (Phi) is 9.15. The number of rotatable bonds is 8. The fourth-order valence-electron chi connectivity index (χ4n) is 4.85. The number of methoxy groups -OCH3 is 2. The molecular weight excluding hydrogens is 597 g/mol. The minimum absolute atomic E-state index is 0.0427. The van der Waals surface area contributed by atoms with Crippen LogP contribution in [-0.2, 0) is 6.42 Å². The van der Waals surface area contributed by atoms with Gasteiger partial charge < -0.3 is 30.2 Å². The number of hydrogen-bond donors (Lipinski definition) is 3. The van der Waals surface area contributed by atoms with E-state index in [1.807, 2.05) is 42.5 Å². The van der Waals surface area contributed by atoms with E-state index < -0.39 is 12.4 Å². The first-order valence-electron chi connectivity index (χ1n) is 13.5. The molecule has 3 N–H and O–H groups in total. The molecule has 1 aliphatic heterocycles. The van der Waals surface area contributed by atoms with Crippen molar-refractivity contribution in [2.45, 2.75) is 18.7 Å². The number of nitrogens with zero attached hydrogens (tertiary/aromatic N) is 1. The number of hydrogen-bond acceptors (Lipinski definition) is 6. The molecule has 5 rings (SSSR count). The number of carbonyl (C=O) groups excluding carboxylic acids is 1. The van der Waals surface area contributed by atoms with Crippen LogP contribution < -0.4 is 30.2 Å². The van der Waals surface area contributed by atoms with Crippen molar-refractivity contribution in [3.8, 4) is 17.2 Å². The van der Waals surface area contributed by atoms with Crippen LogP contribution in [0.5, 0.6) is 17.2 Å². The third-order valence-corrected chi connectivity index (χ3v) is 7.08. The molecule has 1 aliphatic rings. The second-order valence-electron chi connectivity index (χ2n) is 9.87. The van der Waals surface area contributed by atoms with Crippen LogP contribution in [0, 0.1) is 0 Å². The molecular formula is C32H28ClF3N4O4. The summed E-state index contributed by atoms with van der Waals surface area (Å²) in [5.74, 6) is 1.57. The Bertz CT molecular complexity index is 1660. The molecule has 0 spiro atoms. The highest BCUT2D eigenvalue weighted by Gasteiger charge is 2.31. The number of carbonyl (C=O) groups is 1. The predicted molar refractivity (Wildman–Crippen MR) is 165 cm³/mol. The molecule has 2 amide bonds. The van der Waals surface area contributed by atoms with E-state index in [0.29, 0.717) is 46.7 Å². The Morgan fingerprint density at radius 3 is 2.14 bits per heavy atom. The van der Waals surface area contributed by atoms with E-state index in [-0.39, 0.29) is 11.7 Å². The molecule has 1 unspecified atom stereocenters. The summed E-state index contributed by atoms with van der Waals surface area (Å²) in [6.07, 6.45) is -4.11. The van der Waals surface area contributed by atoms with E-state index in [2.05, 4.69) is 20.7 Å². The lowest BCUT2D eigenvalue weighted by molar-refractivity contribution is -0.274. The van der Waals surface area contributed by atoms with E-state index in [9.17, 15) is 18.0 Å². The molecule has 0 radical (unpaired) electrons. The molecule has 0 saturated heterocycles. The SMILES string of the molecule is COc1cc2c(cc1OC)C(Cc1ccc(NC(=O)Nc3ccc(OC(F)(F)F)cc3)cc1)CN=C2Nc1cccc(Cl)c1. The second-order valence-corrected chi connectivity index (χ2v) is 10.3. The first kappa shape index (κ1) is 30.6. The van der Waals surface area contributed by atoms with Crippen molar-refractivity contribution in [2.24, 2.45) is 4.99 Å². The highest BCUT2D eigenvalue weighted by Crippen LogP contribution is 2.38. The molecule has 1 heterocycles. The normalized spacial score (nSPS) is 14.1. The molecule has 228 valence electrons. The number of nitrogens with one attached hydrogen (secondary N) is 3. The summed E-state index contributed by atoms with van der Waals surface area (Å²) in [6, 6.07) is 23.0. The zero-order valence-electron chi connectivity index (χ0n) is 23.7. The molecule has 0 aliphatic carbocycles. The number of ether oxygens (including phenoxy) is 3. The van der Waals surface area contributed by atoms with E-state index in [1.165, 1.54) is 12.1 Å². The van der Waals surface area contributed by atoms with Gasteiger partial charge in [0, 0.05) is 40.1 Å². The van der Waals surface area contributed by atoms with Crippen molar-refractivity contribution >= 4 is 40.5 Å². The van der Waals surface area contributed by atoms with Crippen molar-refractivity contribution < 1.29 is 32.2 Å². The van der Waals surface area contributed by atoms with Gasteiger partial charge in [-0.15, -0.1) is 13.2 Å². The average molecular weight is 625 g/mol. The van der Waals surface area contributed by atoms with E-state index >= 15 is 0 Å². The van der Waals surface area contributed by atoms with Crippen LogP contribution in [0.25, 0.3) is 0 Å². The molecule has 0 bridgehead atoms. The maximum Gasteiger partial charge on any atom is 0.573 e. The van der Waals surface area contributed by atoms with Gasteiger partial charge in [0.25, 0.3) is 0 Å². The topological polar surface area (TPSA) is 93.2 Å². The van der Waals surface area contributed by atoms with Gasteiger partial charge in [0.2, 0.25) is 0 Å². The Morgan fingerprint density at radius 2 is 1.52 bits per heavy atom. The summed E-state index contributed by atoms with van der Waals surface area (Å²) in [5, 5.41) is 9.29. The monoisotopic (exact) mass is 624 g/mol. The van der Waals surface area contributed by atoms with Crippen molar-refractivity contribution in [3.63, 3.8) is 0 Å². The van der Waals surface area contributed by atoms with Crippen molar-refractivity contribution in [1.29, 1.82) is 0 Å². The number of benzene rings is 4. The maximum absolute atomic E-state index is 12.4. The number of alkyl halides is 3. The smallest absolute Gasteiger partial charge is 0.493 e. The molecule has 4 aromatic carbocycles. The van der Waals surface area contributed by atoms with E-state index in [0.717, 1.165) is 34.5 Å². The summed E-state index contributed by atoms with van der Waals surface area (Å²) >= 11 is 6.18. The van der Waals surface area contributed by atoms with Gasteiger partial charge in [-0.25, -0.2) is 4.79 Å². The summed E-state index contributed by atoms with van der Waals surface area (Å²) in [4.78, 5) is 17.3. The predicted octanol–water partition coefficient (Wildman–Crippen LogP) is 8.10. The Balaban J connectivity index is 1.26. The number of urea groups is 1. The highest BCUT2D eigenvalue weighted by molar-refractivity contribution is 6.31. The van der Waals surface area contributed by atoms with Gasteiger partial charge in [0.1, 0.15) is 11.6 Å². The number of halogens is 4. The van der Waals surface area contributed by atoms with Crippen LogP contribution in [0.15, 0.2) is 89.9 Å². The van der Waals surface area contributed by atoms with Gasteiger partial charge in [0.05, 0.1) is 14.2 Å². The molecule has 44 heavy (non-hydrogen) atoms. The molecule has 1 atom stereocenters. The summed E-state index contributed by atoms with van der Waals surface area (Å²) in [5.41, 5.74) is 4.65. The lowest BCUT2D eigenvalue weighted by Crippen LogP contribution is -2.25. The number of amides is 2. The Hall–Kier alpha value is -4.90. The first-order valence-corrected chi connectivity index (χ1v) is 13.8.